The third kappa shape index (κ3) is 4.72. The van der Waals surface area contributed by atoms with Gasteiger partial charge in [-0.25, -0.2) is 5.10 Å². The molecular formula is C15H16BrClN4O3. The molecule has 1 aromatic carbocycles. The van der Waals surface area contributed by atoms with Crippen LogP contribution in [0.5, 0.6) is 5.75 Å². The summed E-state index contributed by atoms with van der Waals surface area (Å²) in [6.45, 7) is 0.994. The summed E-state index contributed by atoms with van der Waals surface area (Å²) in [5, 5.41) is 11.8. The minimum Gasteiger partial charge on any atom is -0.497 e. The number of methoxy groups -OCH3 is 1. The van der Waals surface area contributed by atoms with E-state index in [0.717, 1.165) is 0 Å². The molecule has 2 rings (SSSR count). The maximum absolute atomic E-state index is 12.2. The SMILES string of the molecule is COc1ccc(Br)c(C(=O)NCCCNc2cn[nH]c(=O)c2Cl)c1. The number of aromatic nitrogens is 2. The maximum atomic E-state index is 12.2. The molecule has 0 saturated heterocycles. The molecule has 24 heavy (non-hydrogen) atoms. The third-order valence-corrected chi connectivity index (χ3v) is 4.24. The van der Waals surface area contributed by atoms with E-state index in [1.165, 1.54) is 6.20 Å². The van der Waals surface area contributed by atoms with E-state index in [2.05, 4.69) is 36.8 Å². The molecule has 0 saturated carbocycles. The van der Waals surface area contributed by atoms with Crippen molar-refractivity contribution in [3.8, 4) is 5.75 Å². The summed E-state index contributed by atoms with van der Waals surface area (Å²) in [6.07, 6.45) is 2.09. The predicted molar refractivity (Wildman–Crippen MR) is 96.0 cm³/mol. The van der Waals surface area contributed by atoms with E-state index < -0.39 is 5.56 Å². The van der Waals surface area contributed by atoms with E-state index in [4.69, 9.17) is 16.3 Å². The second-order valence-electron chi connectivity index (χ2n) is 4.81. The van der Waals surface area contributed by atoms with Gasteiger partial charge in [-0.3, -0.25) is 9.59 Å². The molecule has 0 unspecified atom stereocenters. The Hall–Kier alpha value is -2.06. The summed E-state index contributed by atoms with van der Waals surface area (Å²) in [7, 11) is 1.55. The van der Waals surface area contributed by atoms with E-state index in [-0.39, 0.29) is 10.9 Å². The average Bonchev–Trinajstić information content (AvgIpc) is 2.58. The van der Waals surface area contributed by atoms with E-state index in [1.807, 2.05) is 0 Å². The molecular weight excluding hydrogens is 400 g/mol. The van der Waals surface area contributed by atoms with Crippen LogP contribution in [0.1, 0.15) is 16.8 Å². The Bertz CT molecular complexity index is 782. The molecule has 0 radical (unpaired) electrons. The number of ether oxygens (including phenoxy) is 1. The zero-order chi connectivity index (χ0) is 17.5. The van der Waals surface area contributed by atoms with Crippen LogP contribution < -0.4 is 20.9 Å². The zero-order valence-corrected chi connectivity index (χ0v) is 15.2. The lowest BCUT2D eigenvalue weighted by molar-refractivity contribution is 0.0952. The van der Waals surface area contributed by atoms with Crippen LogP contribution in [0.4, 0.5) is 5.69 Å². The second-order valence-corrected chi connectivity index (χ2v) is 6.04. The summed E-state index contributed by atoms with van der Waals surface area (Å²) in [5.74, 6) is 0.415. The number of hydrogen-bond acceptors (Lipinski definition) is 5. The van der Waals surface area contributed by atoms with Gasteiger partial charge in [0.2, 0.25) is 0 Å². The minimum absolute atomic E-state index is 0.0642. The molecule has 3 N–H and O–H groups in total. The smallest absolute Gasteiger partial charge is 0.285 e. The molecule has 1 heterocycles. The summed E-state index contributed by atoms with van der Waals surface area (Å²) in [4.78, 5) is 23.5. The van der Waals surface area contributed by atoms with Crippen molar-refractivity contribution in [2.24, 2.45) is 0 Å². The van der Waals surface area contributed by atoms with Crippen LogP contribution in [0.2, 0.25) is 5.02 Å². The molecule has 0 atom stereocenters. The molecule has 0 spiro atoms. The molecule has 0 fully saturated rings. The number of nitrogens with zero attached hydrogens (tertiary/aromatic N) is 1. The van der Waals surface area contributed by atoms with Gasteiger partial charge in [-0.05, 0) is 40.5 Å². The van der Waals surface area contributed by atoms with Gasteiger partial charge in [-0.15, -0.1) is 0 Å². The van der Waals surface area contributed by atoms with Crippen LogP contribution in [0.15, 0.2) is 33.7 Å². The molecule has 1 amide bonds. The number of carbonyl (C=O) groups excluding carboxylic acids is 1. The predicted octanol–water partition coefficient (Wildman–Crippen LogP) is 2.43. The number of anilines is 1. The number of carbonyl (C=O) groups is 1. The fourth-order valence-corrected chi connectivity index (χ4v) is 2.51. The number of benzene rings is 1. The van der Waals surface area contributed by atoms with E-state index >= 15 is 0 Å². The van der Waals surface area contributed by atoms with Crippen LogP contribution in [-0.2, 0) is 0 Å². The lowest BCUT2D eigenvalue weighted by Gasteiger charge is -2.10. The van der Waals surface area contributed by atoms with Gasteiger partial charge in [0, 0.05) is 17.6 Å². The highest BCUT2D eigenvalue weighted by molar-refractivity contribution is 9.10. The Balaban J connectivity index is 1.81. The van der Waals surface area contributed by atoms with Crippen molar-refractivity contribution in [1.29, 1.82) is 0 Å². The topological polar surface area (TPSA) is 96.1 Å². The van der Waals surface area contributed by atoms with Crippen LogP contribution in [0, 0.1) is 0 Å². The zero-order valence-electron chi connectivity index (χ0n) is 12.9. The first-order chi connectivity index (χ1) is 11.5. The van der Waals surface area contributed by atoms with Gasteiger partial charge < -0.3 is 15.4 Å². The summed E-state index contributed by atoms with van der Waals surface area (Å²) >= 11 is 9.19. The van der Waals surface area contributed by atoms with Gasteiger partial charge in [0.15, 0.2) is 0 Å². The highest BCUT2D eigenvalue weighted by atomic mass is 79.9. The number of amides is 1. The number of rotatable bonds is 7. The molecule has 7 nitrogen and oxygen atoms in total. The highest BCUT2D eigenvalue weighted by Gasteiger charge is 2.11. The number of H-pyrrole nitrogens is 1. The Kier molecular flexibility index (Phi) is 6.62. The van der Waals surface area contributed by atoms with Gasteiger partial charge in [-0.2, -0.15) is 5.10 Å². The van der Waals surface area contributed by atoms with Crippen molar-refractivity contribution in [3.05, 3.63) is 49.8 Å². The molecule has 0 aliphatic rings. The van der Waals surface area contributed by atoms with Crippen molar-refractivity contribution >= 4 is 39.1 Å². The van der Waals surface area contributed by atoms with Crippen molar-refractivity contribution in [3.63, 3.8) is 0 Å². The Morgan fingerprint density at radius 3 is 2.96 bits per heavy atom. The van der Waals surface area contributed by atoms with Crippen LogP contribution in [0.25, 0.3) is 0 Å². The number of halogens is 2. The number of aromatic amines is 1. The summed E-state index contributed by atoms with van der Waals surface area (Å²) < 4.78 is 5.81. The summed E-state index contributed by atoms with van der Waals surface area (Å²) in [5.41, 5.74) is 0.518. The van der Waals surface area contributed by atoms with Crippen LogP contribution >= 0.6 is 27.5 Å². The fourth-order valence-electron chi connectivity index (χ4n) is 1.92. The van der Waals surface area contributed by atoms with E-state index in [0.29, 0.717) is 41.0 Å². The van der Waals surface area contributed by atoms with E-state index in [9.17, 15) is 9.59 Å². The normalized spacial score (nSPS) is 10.3. The van der Waals surface area contributed by atoms with Crippen LogP contribution in [0.3, 0.4) is 0 Å². The lowest BCUT2D eigenvalue weighted by Crippen LogP contribution is -2.26. The van der Waals surface area contributed by atoms with Crippen molar-refractivity contribution < 1.29 is 9.53 Å². The van der Waals surface area contributed by atoms with Crippen LogP contribution in [-0.4, -0.2) is 36.3 Å². The molecule has 0 bridgehead atoms. The first-order valence-corrected chi connectivity index (χ1v) is 8.29. The highest BCUT2D eigenvalue weighted by Crippen LogP contribution is 2.22. The van der Waals surface area contributed by atoms with Gasteiger partial charge >= 0.3 is 0 Å². The Morgan fingerprint density at radius 1 is 1.42 bits per heavy atom. The molecule has 1 aromatic heterocycles. The lowest BCUT2D eigenvalue weighted by atomic mass is 10.2. The van der Waals surface area contributed by atoms with Crippen molar-refractivity contribution in [2.75, 3.05) is 25.5 Å². The van der Waals surface area contributed by atoms with Gasteiger partial charge in [0.25, 0.3) is 11.5 Å². The standard InChI is InChI=1S/C15H16BrClN4O3/c1-24-9-3-4-11(16)10(7-9)14(22)19-6-2-5-18-12-8-20-21-15(23)13(12)17/h3-4,7-8H,2,5-6H2,1H3,(H,19,22)(H2,18,21,23). The van der Waals surface area contributed by atoms with Gasteiger partial charge in [0.05, 0.1) is 24.6 Å². The van der Waals surface area contributed by atoms with Crippen molar-refractivity contribution in [1.82, 2.24) is 15.5 Å². The first kappa shape index (κ1) is 18.3. The Labute approximate surface area is 151 Å². The average molecular weight is 416 g/mol. The molecule has 2 aromatic rings. The van der Waals surface area contributed by atoms with Gasteiger partial charge in [0.1, 0.15) is 10.8 Å². The first-order valence-electron chi connectivity index (χ1n) is 7.11. The van der Waals surface area contributed by atoms with E-state index in [1.54, 1.807) is 25.3 Å². The molecule has 9 heteroatoms. The maximum Gasteiger partial charge on any atom is 0.285 e. The quantitative estimate of drug-likeness (QED) is 0.604. The minimum atomic E-state index is -0.446. The third-order valence-electron chi connectivity index (χ3n) is 3.17. The fraction of sp³-hybridized carbons (Fsp3) is 0.267. The molecule has 0 aliphatic carbocycles. The number of nitrogens with one attached hydrogen (secondary N) is 3. The van der Waals surface area contributed by atoms with Gasteiger partial charge in [-0.1, -0.05) is 11.6 Å². The molecule has 128 valence electrons. The Morgan fingerprint density at radius 2 is 2.21 bits per heavy atom. The molecule has 0 aliphatic heterocycles. The second kappa shape index (κ2) is 8.70. The summed E-state index contributed by atoms with van der Waals surface area (Å²) in [6, 6.07) is 5.20. The number of hydrogen-bond donors (Lipinski definition) is 3. The largest absolute Gasteiger partial charge is 0.497 e. The van der Waals surface area contributed by atoms with Crippen molar-refractivity contribution in [2.45, 2.75) is 6.42 Å². The monoisotopic (exact) mass is 414 g/mol.